The summed E-state index contributed by atoms with van der Waals surface area (Å²) < 4.78 is 7.69. The zero-order valence-corrected chi connectivity index (χ0v) is 12.5. The van der Waals surface area contributed by atoms with Crippen molar-refractivity contribution < 1.29 is 4.74 Å². The molecule has 0 aliphatic heterocycles. The summed E-state index contributed by atoms with van der Waals surface area (Å²) in [5.74, 6) is 1.71. The third kappa shape index (κ3) is 4.33. The number of rotatable bonds is 7. The van der Waals surface area contributed by atoms with Gasteiger partial charge >= 0.3 is 0 Å². The molecule has 1 heterocycles. The fraction of sp³-hybridized carbons (Fsp3) is 0.375. The second-order valence-corrected chi connectivity index (χ2v) is 5.00. The highest BCUT2D eigenvalue weighted by Gasteiger charge is 2.05. The minimum Gasteiger partial charge on any atom is -0.492 e. The summed E-state index contributed by atoms with van der Waals surface area (Å²) in [5.41, 5.74) is 0.582. The van der Waals surface area contributed by atoms with Crippen LogP contribution >= 0.6 is 0 Å². The second-order valence-electron chi connectivity index (χ2n) is 5.00. The van der Waals surface area contributed by atoms with E-state index in [2.05, 4.69) is 23.0 Å². The number of aromatic nitrogens is 2. The molecule has 0 aliphatic rings. The van der Waals surface area contributed by atoms with Crippen LogP contribution in [-0.4, -0.2) is 34.7 Å². The molecule has 2 aromatic rings. The number of nitrogens with zero attached hydrogens (tertiary/aromatic N) is 4. The Balaban J connectivity index is 1.72. The quantitative estimate of drug-likeness (QED) is 0.731. The summed E-state index contributed by atoms with van der Waals surface area (Å²) in [6, 6.07) is 9.45. The summed E-state index contributed by atoms with van der Waals surface area (Å²) in [5, 5.41) is 8.99. The van der Waals surface area contributed by atoms with Gasteiger partial charge in [-0.1, -0.05) is 12.1 Å². The van der Waals surface area contributed by atoms with Crippen LogP contribution in [0, 0.1) is 11.3 Å². The lowest BCUT2D eigenvalue weighted by Crippen LogP contribution is -2.22. The van der Waals surface area contributed by atoms with Gasteiger partial charge in [0.05, 0.1) is 18.7 Å². The van der Waals surface area contributed by atoms with Crippen LogP contribution in [0.5, 0.6) is 5.75 Å². The summed E-state index contributed by atoms with van der Waals surface area (Å²) >= 11 is 0. The van der Waals surface area contributed by atoms with E-state index in [0.29, 0.717) is 17.9 Å². The molecule has 0 radical (unpaired) electrons. The molecule has 0 saturated heterocycles. The Labute approximate surface area is 125 Å². The van der Waals surface area contributed by atoms with Gasteiger partial charge < -0.3 is 9.30 Å². The van der Waals surface area contributed by atoms with E-state index in [1.54, 1.807) is 6.07 Å². The average molecular weight is 284 g/mol. The van der Waals surface area contributed by atoms with Crippen molar-refractivity contribution in [3.05, 3.63) is 48.0 Å². The van der Waals surface area contributed by atoms with Crippen LogP contribution in [0.15, 0.2) is 36.7 Å². The Morgan fingerprint density at radius 2 is 2.19 bits per heavy atom. The number of benzene rings is 1. The predicted octanol–water partition coefficient (Wildman–Crippen LogP) is 2.19. The van der Waals surface area contributed by atoms with Crippen LogP contribution in [0.2, 0.25) is 0 Å². The molecule has 0 amide bonds. The third-order valence-corrected chi connectivity index (χ3v) is 3.28. The molecule has 0 fully saturated rings. The molecule has 0 bridgehead atoms. The molecule has 1 aromatic heterocycles. The highest BCUT2D eigenvalue weighted by molar-refractivity contribution is 5.42. The van der Waals surface area contributed by atoms with Gasteiger partial charge in [0.25, 0.3) is 0 Å². The number of para-hydroxylation sites is 1. The molecule has 5 heteroatoms. The zero-order chi connectivity index (χ0) is 15.1. The van der Waals surface area contributed by atoms with Crippen molar-refractivity contribution in [1.29, 1.82) is 5.26 Å². The lowest BCUT2D eigenvalue weighted by molar-refractivity contribution is 0.254. The maximum Gasteiger partial charge on any atom is 0.137 e. The fourth-order valence-electron chi connectivity index (χ4n) is 2.07. The van der Waals surface area contributed by atoms with Gasteiger partial charge in [-0.25, -0.2) is 4.98 Å². The van der Waals surface area contributed by atoms with E-state index in [0.717, 1.165) is 25.3 Å². The summed E-state index contributed by atoms with van der Waals surface area (Å²) in [7, 11) is 4.07. The Bertz CT molecular complexity index is 615. The van der Waals surface area contributed by atoms with E-state index < -0.39 is 0 Å². The first-order valence-corrected chi connectivity index (χ1v) is 6.97. The van der Waals surface area contributed by atoms with E-state index >= 15 is 0 Å². The first-order chi connectivity index (χ1) is 10.2. The number of nitriles is 1. The fourth-order valence-corrected chi connectivity index (χ4v) is 2.07. The highest BCUT2D eigenvalue weighted by atomic mass is 16.5. The maximum atomic E-state index is 8.99. The van der Waals surface area contributed by atoms with E-state index in [1.807, 2.05) is 42.2 Å². The monoisotopic (exact) mass is 284 g/mol. The molecule has 2 rings (SSSR count). The van der Waals surface area contributed by atoms with Gasteiger partial charge in [-0.05, 0) is 25.6 Å². The van der Waals surface area contributed by atoms with E-state index in [1.165, 1.54) is 0 Å². The highest BCUT2D eigenvalue weighted by Crippen LogP contribution is 2.16. The second kappa shape index (κ2) is 7.46. The van der Waals surface area contributed by atoms with Crippen LogP contribution in [0.4, 0.5) is 0 Å². The molecule has 0 atom stereocenters. The van der Waals surface area contributed by atoms with Crippen molar-refractivity contribution in [1.82, 2.24) is 14.5 Å². The molecule has 0 spiro atoms. The Morgan fingerprint density at radius 1 is 1.38 bits per heavy atom. The van der Waals surface area contributed by atoms with Gasteiger partial charge in [0.15, 0.2) is 0 Å². The summed E-state index contributed by atoms with van der Waals surface area (Å²) in [4.78, 5) is 6.52. The largest absolute Gasteiger partial charge is 0.492 e. The maximum absolute atomic E-state index is 8.99. The molecule has 1 aromatic carbocycles. The Morgan fingerprint density at radius 3 is 2.90 bits per heavy atom. The average Bonchev–Trinajstić information content (AvgIpc) is 2.89. The number of imidazole rings is 1. The molecule has 0 unspecified atom stereocenters. The van der Waals surface area contributed by atoms with Crippen LogP contribution in [-0.2, 0) is 13.6 Å². The predicted molar refractivity (Wildman–Crippen MR) is 80.8 cm³/mol. The van der Waals surface area contributed by atoms with Gasteiger partial charge in [-0.3, -0.25) is 4.90 Å². The van der Waals surface area contributed by atoms with Crippen molar-refractivity contribution in [3.63, 3.8) is 0 Å². The van der Waals surface area contributed by atoms with Crippen molar-refractivity contribution in [2.24, 2.45) is 7.05 Å². The van der Waals surface area contributed by atoms with Crippen molar-refractivity contribution in [2.45, 2.75) is 13.0 Å². The number of hydrogen-bond donors (Lipinski definition) is 0. The van der Waals surface area contributed by atoms with Crippen LogP contribution in [0.1, 0.15) is 17.8 Å². The molecule has 110 valence electrons. The van der Waals surface area contributed by atoms with Gasteiger partial charge in [0.2, 0.25) is 0 Å². The summed E-state index contributed by atoms with van der Waals surface area (Å²) in [6.07, 6.45) is 4.66. The zero-order valence-electron chi connectivity index (χ0n) is 12.5. The summed E-state index contributed by atoms with van der Waals surface area (Å²) in [6.45, 7) is 2.34. The third-order valence-electron chi connectivity index (χ3n) is 3.28. The molecule has 21 heavy (non-hydrogen) atoms. The molecular formula is C16H20N4O. The lowest BCUT2D eigenvalue weighted by atomic mass is 10.2. The van der Waals surface area contributed by atoms with E-state index in [-0.39, 0.29) is 0 Å². The van der Waals surface area contributed by atoms with Crippen molar-refractivity contribution in [2.75, 3.05) is 20.2 Å². The van der Waals surface area contributed by atoms with Crippen molar-refractivity contribution >= 4 is 0 Å². The van der Waals surface area contributed by atoms with Crippen LogP contribution in [0.25, 0.3) is 0 Å². The van der Waals surface area contributed by atoms with Crippen LogP contribution < -0.4 is 4.74 Å². The first kappa shape index (κ1) is 15.1. The number of aryl methyl sites for hydroxylation is 1. The van der Waals surface area contributed by atoms with Gasteiger partial charge in [0.1, 0.15) is 17.6 Å². The standard InChI is InChI=1S/C16H20N4O/c1-19(13-16-18-8-10-20(16)2)9-5-11-21-15-7-4-3-6-14(15)12-17/h3-4,6-8,10H,5,9,11,13H2,1-2H3. The molecule has 5 nitrogen and oxygen atoms in total. The van der Waals surface area contributed by atoms with E-state index in [9.17, 15) is 0 Å². The smallest absolute Gasteiger partial charge is 0.137 e. The van der Waals surface area contributed by atoms with Crippen LogP contribution in [0.3, 0.4) is 0 Å². The molecule has 0 saturated carbocycles. The number of hydrogen-bond acceptors (Lipinski definition) is 4. The molecular weight excluding hydrogens is 264 g/mol. The van der Waals surface area contributed by atoms with Gasteiger partial charge in [0, 0.05) is 26.0 Å². The van der Waals surface area contributed by atoms with Crippen molar-refractivity contribution in [3.8, 4) is 11.8 Å². The Kier molecular flexibility index (Phi) is 5.35. The van der Waals surface area contributed by atoms with E-state index in [4.69, 9.17) is 10.00 Å². The first-order valence-electron chi connectivity index (χ1n) is 6.97. The normalized spacial score (nSPS) is 10.6. The Hall–Kier alpha value is -2.32. The van der Waals surface area contributed by atoms with Gasteiger partial charge in [-0.15, -0.1) is 0 Å². The van der Waals surface area contributed by atoms with Gasteiger partial charge in [-0.2, -0.15) is 5.26 Å². The minimum atomic E-state index is 0.582. The lowest BCUT2D eigenvalue weighted by Gasteiger charge is -2.16. The minimum absolute atomic E-state index is 0.582. The molecule has 0 N–H and O–H groups in total. The topological polar surface area (TPSA) is 54.1 Å². The number of ether oxygens (including phenoxy) is 1. The SMILES string of the molecule is CN(CCCOc1ccccc1C#N)Cc1nccn1C. The molecule has 0 aliphatic carbocycles.